The summed E-state index contributed by atoms with van der Waals surface area (Å²) in [7, 11) is 0. The summed E-state index contributed by atoms with van der Waals surface area (Å²) in [6.07, 6.45) is -2.91. The zero-order valence-electron chi connectivity index (χ0n) is 12.1. The Balaban J connectivity index is 0.00000242. The van der Waals surface area contributed by atoms with Gasteiger partial charge in [-0.15, -0.1) is 12.4 Å². The van der Waals surface area contributed by atoms with Crippen LogP contribution >= 0.6 is 12.4 Å². The molecule has 2 aliphatic heterocycles. The van der Waals surface area contributed by atoms with Gasteiger partial charge in [0.25, 0.3) is 0 Å². The van der Waals surface area contributed by atoms with E-state index in [1.807, 2.05) is 0 Å². The normalized spacial score (nSPS) is 23.6. The summed E-state index contributed by atoms with van der Waals surface area (Å²) in [4.78, 5) is 26.3. The lowest BCUT2D eigenvalue weighted by Gasteiger charge is -2.33. The van der Waals surface area contributed by atoms with Crippen LogP contribution in [0.15, 0.2) is 0 Å². The van der Waals surface area contributed by atoms with E-state index in [4.69, 9.17) is 5.73 Å². The maximum atomic E-state index is 12.3. The van der Waals surface area contributed by atoms with Gasteiger partial charge >= 0.3 is 6.18 Å². The summed E-state index contributed by atoms with van der Waals surface area (Å²) in [5, 5.41) is 0. The molecule has 0 aliphatic carbocycles. The number of rotatable bonds is 3. The highest BCUT2D eigenvalue weighted by molar-refractivity contribution is 5.89. The first kappa shape index (κ1) is 19.0. The third-order valence-corrected chi connectivity index (χ3v) is 4.19. The second-order valence-electron chi connectivity index (χ2n) is 5.79. The highest BCUT2D eigenvalue weighted by Crippen LogP contribution is 2.26. The van der Waals surface area contributed by atoms with Gasteiger partial charge in [-0.25, -0.2) is 0 Å². The van der Waals surface area contributed by atoms with Crippen molar-refractivity contribution in [3.63, 3.8) is 0 Å². The van der Waals surface area contributed by atoms with Crippen molar-refractivity contribution in [3.05, 3.63) is 0 Å². The van der Waals surface area contributed by atoms with Crippen LogP contribution in [0.25, 0.3) is 0 Å². The molecule has 0 aromatic carbocycles. The Morgan fingerprint density at radius 1 is 1.27 bits per heavy atom. The Morgan fingerprint density at radius 2 is 1.86 bits per heavy atom. The maximum Gasteiger partial charge on any atom is 0.406 e. The summed E-state index contributed by atoms with van der Waals surface area (Å²) in [5.74, 6) is -1.04. The molecule has 2 aliphatic rings. The van der Waals surface area contributed by atoms with Crippen LogP contribution in [-0.4, -0.2) is 60.5 Å². The third-order valence-electron chi connectivity index (χ3n) is 4.19. The van der Waals surface area contributed by atoms with Gasteiger partial charge in [0.05, 0.1) is 5.92 Å². The molecule has 2 saturated heterocycles. The van der Waals surface area contributed by atoms with E-state index in [9.17, 15) is 22.8 Å². The van der Waals surface area contributed by atoms with E-state index >= 15 is 0 Å². The molecule has 9 heteroatoms. The molecule has 2 amide bonds. The largest absolute Gasteiger partial charge is 0.406 e. The average molecular weight is 344 g/mol. The lowest BCUT2D eigenvalue weighted by Crippen LogP contribution is -2.44. The minimum absolute atomic E-state index is 0. The Morgan fingerprint density at radius 3 is 2.36 bits per heavy atom. The quantitative estimate of drug-likeness (QED) is 0.832. The molecular weight excluding hydrogens is 323 g/mol. The molecule has 0 saturated carbocycles. The number of hydrogen-bond donors (Lipinski definition) is 1. The molecule has 0 aromatic rings. The molecule has 2 rings (SSSR count). The molecule has 2 N–H and O–H groups in total. The lowest BCUT2D eigenvalue weighted by atomic mass is 9.95. The number of likely N-dealkylation sites (tertiary alicyclic amines) is 2. The van der Waals surface area contributed by atoms with Crippen molar-refractivity contribution in [3.8, 4) is 0 Å². The zero-order valence-corrected chi connectivity index (χ0v) is 13.0. The van der Waals surface area contributed by atoms with Crippen LogP contribution in [0.1, 0.15) is 19.3 Å². The summed E-state index contributed by atoms with van der Waals surface area (Å²) < 4.78 is 37.0. The second-order valence-corrected chi connectivity index (χ2v) is 5.79. The van der Waals surface area contributed by atoms with Crippen LogP contribution < -0.4 is 5.73 Å². The minimum atomic E-state index is -4.42. The predicted octanol–water partition coefficient (Wildman–Crippen LogP) is 1.02. The predicted molar refractivity (Wildman–Crippen MR) is 76.3 cm³/mol. The smallest absolute Gasteiger partial charge is 0.342 e. The second kappa shape index (κ2) is 7.50. The van der Waals surface area contributed by atoms with E-state index in [-0.39, 0.29) is 31.3 Å². The van der Waals surface area contributed by atoms with Crippen LogP contribution in [-0.2, 0) is 9.59 Å². The van der Waals surface area contributed by atoms with Gasteiger partial charge in [-0.3, -0.25) is 9.59 Å². The van der Waals surface area contributed by atoms with Crippen LogP contribution in [0.3, 0.4) is 0 Å². The van der Waals surface area contributed by atoms with Gasteiger partial charge in [0.2, 0.25) is 11.8 Å². The average Bonchev–Trinajstić information content (AvgIpc) is 2.77. The Hall–Kier alpha value is -1.02. The number of piperidine rings is 1. The summed E-state index contributed by atoms with van der Waals surface area (Å²) in [6, 6.07) is 0. The van der Waals surface area contributed by atoms with Crippen LogP contribution in [0.5, 0.6) is 0 Å². The standard InChI is InChI=1S/C13H20F3N3O2.ClH/c14-13(15,16)8-19-7-10(5-11(19)20)12(21)18-3-1-9(6-17)2-4-18;/h9-10H,1-8,17H2;1H. The number of nitrogens with two attached hydrogens (primary N) is 1. The SMILES string of the molecule is Cl.NCC1CCN(C(=O)C2CC(=O)N(CC(F)(F)F)C2)CC1. The van der Waals surface area contributed by atoms with Gasteiger partial charge in [0.1, 0.15) is 6.54 Å². The van der Waals surface area contributed by atoms with Gasteiger partial charge < -0.3 is 15.5 Å². The third kappa shape index (κ3) is 4.74. The Labute approximate surface area is 133 Å². The van der Waals surface area contributed by atoms with Gasteiger partial charge in [-0.2, -0.15) is 13.2 Å². The monoisotopic (exact) mass is 343 g/mol. The number of alkyl halides is 3. The number of carbonyl (C=O) groups is 2. The molecule has 2 fully saturated rings. The van der Waals surface area contributed by atoms with E-state index in [1.54, 1.807) is 4.90 Å². The van der Waals surface area contributed by atoms with Crippen molar-refractivity contribution < 1.29 is 22.8 Å². The van der Waals surface area contributed by atoms with Crippen LogP contribution in [0.2, 0.25) is 0 Å². The molecule has 22 heavy (non-hydrogen) atoms. The van der Waals surface area contributed by atoms with Gasteiger partial charge in [-0.1, -0.05) is 0 Å². The topological polar surface area (TPSA) is 66.6 Å². The first-order valence-electron chi connectivity index (χ1n) is 7.13. The zero-order chi connectivity index (χ0) is 15.6. The van der Waals surface area contributed by atoms with Crippen molar-refractivity contribution in [1.29, 1.82) is 0 Å². The highest BCUT2D eigenvalue weighted by Gasteiger charge is 2.41. The van der Waals surface area contributed by atoms with Crippen LogP contribution in [0.4, 0.5) is 13.2 Å². The van der Waals surface area contributed by atoms with E-state index < -0.39 is 24.5 Å². The fourth-order valence-corrected chi connectivity index (χ4v) is 2.95. The molecule has 1 unspecified atom stereocenters. The molecule has 0 spiro atoms. The first-order chi connectivity index (χ1) is 9.80. The van der Waals surface area contributed by atoms with Gasteiger partial charge in [0, 0.05) is 26.1 Å². The Bertz CT molecular complexity index is 412. The van der Waals surface area contributed by atoms with Crippen molar-refractivity contribution in [1.82, 2.24) is 9.80 Å². The van der Waals surface area contributed by atoms with E-state index in [1.165, 1.54) is 0 Å². The van der Waals surface area contributed by atoms with Crippen molar-refractivity contribution >= 4 is 24.2 Å². The molecule has 0 bridgehead atoms. The van der Waals surface area contributed by atoms with Gasteiger partial charge in [-0.05, 0) is 25.3 Å². The van der Waals surface area contributed by atoms with E-state index in [0.29, 0.717) is 25.6 Å². The number of hydrogen-bond acceptors (Lipinski definition) is 3. The number of carbonyl (C=O) groups excluding carboxylic acids is 2. The minimum Gasteiger partial charge on any atom is -0.342 e. The van der Waals surface area contributed by atoms with E-state index in [2.05, 4.69) is 0 Å². The van der Waals surface area contributed by atoms with E-state index in [0.717, 1.165) is 17.7 Å². The van der Waals surface area contributed by atoms with Crippen molar-refractivity contribution in [2.45, 2.75) is 25.4 Å². The highest BCUT2D eigenvalue weighted by atomic mass is 35.5. The van der Waals surface area contributed by atoms with Gasteiger partial charge in [0.15, 0.2) is 0 Å². The molecule has 1 atom stereocenters. The molecule has 0 radical (unpaired) electrons. The Kier molecular flexibility index (Phi) is 6.49. The maximum absolute atomic E-state index is 12.3. The molecule has 0 aromatic heterocycles. The number of nitrogens with zero attached hydrogens (tertiary/aromatic N) is 2. The summed E-state index contributed by atoms with van der Waals surface area (Å²) in [6.45, 7) is 0.331. The molecular formula is C13H21ClF3N3O2. The fourth-order valence-electron chi connectivity index (χ4n) is 2.95. The molecule has 2 heterocycles. The molecule has 128 valence electrons. The van der Waals surface area contributed by atoms with Crippen molar-refractivity contribution in [2.24, 2.45) is 17.6 Å². The molecule has 5 nitrogen and oxygen atoms in total. The number of halogens is 4. The first-order valence-corrected chi connectivity index (χ1v) is 7.13. The van der Waals surface area contributed by atoms with Crippen LogP contribution in [0, 0.1) is 11.8 Å². The summed E-state index contributed by atoms with van der Waals surface area (Å²) >= 11 is 0. The summed E-state index contributed by atoms with van der Waals surface area (Å²) in [5.41, 5.74) is 5.58. The fraction of sp³-hybridized carbons (Fsp3) is 0.846. The number of amides is 2. The lowest BCUT2D eigenvalue weighted by molar-refractivity contribution is -0.157. The van der Waals surface area contributed by atoms with Crippen molar-refractivity contribution in [2.75, 3.05) is 32.7 Å².